The number of sulfonamides is 1. The summed E-state index contributed by atoms with van der Waals surface area (Å²) in [6.45, 7) is 6.42. The molecule has 31 heavy (non-hydrogen) atoms. The number of piperazine rings is 1. The fraction of sp³-hybridized carbons (Fsp3) is 0.364. The van der Waals surface area contributed by atoms with Gasteiger partial charge in [-0.15, -0.1) is 0 Å². The van der Waals surface area contributed by atoms with E-state index >= 15 is 0 Å². The van der Waals surface area contributed by atoms with Crippen LogP contribution in [-0.2, 0) is 10.0 Å². The number of ether oxygens (including phenoxy) is 1. The predicted molar refractivity (Wildman–Crippen MR) is 121 cm³/mol. The lowest BCUT2D eigenvalue weighted by Crippen LogP contribution is -2.46. The summed E-state index contributed by atoms with van der Waals surface area (Å²) in [7, 11) is -1.49. The van der Waals surface area contributed by atoms with Crippen LogP contribution in [0.5, 0.6) is 5.75 Å². The van der Waals surface area contributed by atoms with Gasteiger partial charge in [0, 0.05) is 43.4 Å². The molecule has 4 rings (SSSR count). The maximum atomic E-state index is 12.9. The topological polar surface area (TPSA) is 87.7 Å². The first kappa shape index (κ1) is 21.5. The summed E-state index contributed by atoms with van der Waals surface area (Å²) >= 11 is 0. The summed E-state index contributed by atoms with van der Waals surface area (Å²) in [4.78, 5) is 11.4. The molecule has 1 aliphatic heterocycles. The molecule has 9 heteroatoms. The third-order valence-electron chi connectivity index (χ3n) is 5.15. The van der Waals surface area contributed by atoms with Crippen LogP contribution in [0.3, 0.4) is 0 Å². The fourth-order valence-electron chi connectivity index (χ4n) is 3.45. The molecule has 0 spiro atoms. The van der Waals surface area contributed by atoms with E-state index in [1.54, 1.807) is 30.5 Å². The van der Waals surface area contributed by atoms with Crippen molar-refractivity contribution in [3.63, 3.8) is 0 Å². The van der Waals surface area contributed by atoms with Crippen molar-refractivity contribution >= 4 is 32.6 Å². The summed E-state index contributed by atoms with van der Waals surface area (Å²) in [5.74, 6) is 1.12. The van der Waals surface area contributed by atoms with Crippen molar-refractivity contribution in [1.82, 2.24) is 19.2 Å². The molecule has 164 valence electrons. The number of likely N-dealkylation sites (N-methyl/N-ethyl adjacent to an activating group) is 1. The maximum Gasteiger partial charge on any atom is 0.243 e. The molecule has 1 saturated heterocycles. The minimum Gasteiger partial charge on any atom is -0.489 e. The van der Waals surface area contributed by atoms with Gasteiger partial charge in [-0.05, 0) is 51.2 Å². The van der Waals surface area contributed by atoms with Crippen molar-refractivity contribution in [3.05, 3.63) is 48.7 Å². The first-order valence-corrected chi connectivity index (χ1v) is 11.7. The second kappa shape index (κ2) is 8.78. The average molecular weight is 442 g/mol. The van der Waals surface area contributed by atoms with Crippen molar-refractivity contribution in [2.75, 3.05) is 38.5 Å². The lowest BCUT2D eigenvalue weighted by atomic mass is 10.2. The van der Waals surface area contributed by atoms with Gasteiger partial charge in [-0.1, -0.05) is 12.1 Å². The normalized spacial score (nSPS) is 16.0. The van der Waals surface area contributed by atoms with E-state index in [1.807, 2.05) is 39.1 Å². The van der Waals surface area contributed by atoms with Gasteiger partial charge in [-0.3, -0.25) is 0 Å². The van der Waals surface area contributed by atoms with E-state index in [0.717, 1.165) is 24.0 Å². The molecule has 0 bridgehead atoms. The lowest BCUT2D eigenvalue weighted by Gasteiger charge is -2.31. The highest BCUT2D eigenvalue weighted by molar-refractivity contribution is 7.89. The second-order valence-electron chi connectivity index (χ2n) is 7.91. The highest BCUT2D eigenvalue weighted by Gasteiger charge is 2.27. The second-order valence-corrected chi connectivity index (χ2v) is 9.85. The number of nitrogens with one attached hydrogen (secondary N) is 1. The van der Waals surface area contributed by atoms with Crippen molar-refractivity contribution in [3.8, 4) is 5.75 Å². The van der Waals surface area contributed by atoms with Crippen molar-refractivity contribution in [2.24, 2.45) is 0 Å². The molecule has 8 nitrogen and oxygen atoms in total. The highest BCUT2D eigenvalue weighted by atomic mass is 32.2. The molecular formula is C22H27N5O3S. The monoisotopic (exact) mass is 441 g/mol. The van der Waals surface area contributed by atoms with Crippen LogP contribution in [0.4, 0.5) is 11.6 Å². The third-order valence-corrected chi connectivity index (χ3v) is 7.06. The van der Waals surface area contributed by atoms with Crippen LogP contribution >= 0.6 is 0 Å². The van der Waals surface area contributed by atoms with Gasteiger partial charge in [0.1, 0.15) is 11.3 Å². The van der Waals surface area contributed by atoms with E-state index in [2.05, 4.69) is 20.2 Å². The number of nitrogens with zero attached hydrogens (tertiary/aromatic N) is 4. The standard InChI is InChI=1S/C22H27N5O3S/c1-16(2)30-20-6-4-5-17-15-23-22(25-21(17)20)24-18-7-9-19(10-8-18)31(28,29)27-13-11-26(3)12-14-27/h4-10,15-16H,11-14H2,1-3H3,(H,23,24,25). The Labute approximate surface area is 182 Å². The minimum atomic E-state index is -3.49. The zero-order valence-electron chi connectivity index (χ0n) is 17.9. The average Bonchev–Trinajstić information content (AvgIpc) is 2.74. The molecule has 3 aromatic rings. The van der Waals surface area contributed by atoms with Crippen molar-refractivity contribution in [2.45, 2.75) is 24.8 Å². The Morgan fingerprint density at radius 2 is 1.74 bits per heavy atom. The smallest absolute Gasteiger partial charge is 0.243 e. The molecular weight excluding hydrogens is 414 g/mol. The summed E-state index contributed by atoms with van der Waals surface area (Å²) in [5, 5.41) is 4.03. The van der Waals surface area contributed by atoms with Gasteiger partial charge in [0.25, 0.3) is 0 Å². The van der Waals surface area contributed by atoms with E-state index < -0.39 is 10.0 Å². The predicted octanol–water partition coefficient (Wildman–Crippen LogP) is 3.10. The highest BCUT2D eigenvalue weighted by Crippen LogP contribution is 2.26. The Morgan fingerprint density at radius 3 is 2.42 bits per heavy atom. The van der Waals surface area contributed by atoms with Crippen molar-refractivity contribution < 1.29 is 13.2 Å². The zero-order chi connectivity index (χ0) is 22.0. The van der Waals surface area contributed by atoms with Gasteiger partial charge in [-0.2, -0.15) is 4.31 Å². The molecule has 1 fully saturated rings. The fourth-order valence-corrected chi connectivity index (χ4v) is 4.88. The number of para-hydroxylation sites is 1. The van der Waals surface area contributed by atoms with Crippen LogP contribution < -0.4 is 10.1 Å². The Hall–Kier alpha value is -2.75. The largest absolute Gasteiger partial charge is 0.489 e. The van der Waals surface area contributed by atoms with Crippen LogP contribution in [0.1, 0.15) is 13.8 Å². The van der Waals surface area contributed by atoms with Gasteiger partial charge in [0.05, 0.1) is 11.0 Å². The molecule has 0 radical (unpaired) electrons. The number of aromatic nitrogens is 2. The Kier molecular flexibility index (Phi) is 6.08. The Bertz CT molecular complexity index is 1160. The van der Waals surface area contributed by atoms with Crippen LogP contribution in [0.15, 0.2) is 53.6 Å². The molecule has 0 atom stereocenters. The molecule has 0 unspecified atom stereocenters. The number of benzene rings is 2. The number of hydrogen-bond acceptors (Lipinski definition) is 7. The van der Waals surface area contributed by atoms with Gasteiger partial charge < -0.3 is 15.0 Å². The van der Waals surface area contributed by atoms with E-state index in [1.165, 1.54) is 4.31 Å². The van der Waals surface area contributed by atoms with Gasteiger partial charge in [0.2, 0.25) is 16.0 Å². The molecule has 2 aromatic carbocycles. The Morgan fingerprint density at radius 1 is 1.03 bits per heavy atom. The molecule has 2 heterocycles. The minimum absolute atomic E-state index is 0.0340. The lowest BCUT2D eigenvalue weighted by molar-refractivity contribution is 0.222. The maximum absolute atomic E-state index is 12.9. The summed E-state index contributed by atoms with van der Waals surface area (Å²) in [6.07, 6.45) is 1.77. The Balaban J connectivity index is 1.53. The van der Waals surface area contributed by atoms with Crippen LogP contribution in [0.2, 0.25) is 0 Å². The molecule has 0 aliphatic carbocycles. The first-order valence-electron chi connectivity index (χ1n) is 10.3. The van der Waals surface area contributed by atoms with Crippen LogP contribution in [0.25, 0.3) is 10.9 Å². The van der Waals surface area contributed by atoms with E-state index in [0.29, 0.717) is 30.5 Å². The zero-order valence-corrected chi connectivity index (χ0v) is 18.8. The van der Waals surface area contributed by atoms with E-state index in [-0.39, 0.29) is 11.0 Å². The van der Waals surface area contributed by atoms with E-state index in [9.17, 15) is 8.42 Å². The van der Waals surface area contributed by atoms with Gasteiger partial charge in [0.15, 0.2) is 0 Å². The van der Waals surface area contributed by atoms with Gasteiger partial charge in [-0.25, -0.2) is 18.4 Å². The number of anilines is 2. The molecule has 0 amide bonds. The SMILES string of the molecule is CC(C)Oc1cccc2cnc(Nc3ccc(S(=O)(=O)N4CCN(C)CC4)cc3)nc12. The summed E-state index contributed by atoms with van der Waals surface area (Å²) < 4.78 is 33.2. The number of rotatable bonds is 6. The van der Waals surface area contributed by atoms with Crippen molar-refractivity contribution in [1.29, 1.82) is 0 Å². The van der Waals surface area contributed by atoms with Gasteiger partial charge >= 0.3 is 0 Å². The third kappa shape index (κ3) is 4.79. The first-order chi connectivity index (χ1) is 14.8. The molecule has 1 aliphatic rings. The number of fused-ring (bicyclic) bond motifs is 1. The number of hydrogen-bond donors (Lipinski definition) is 1. The van der Waals surface area contributed by atoms with Crippen LogP contribution in [0, 0.1) is 0 Å². The summed E-state index contributed by atoms with van der Waals surface area (Å²) in [6, 6.07) is 12.4. The molecule has 1 aromatic heterocycles. The van der Waals surface area contributed by atoms with Crippen LogP contribution in [-0.4, -0.2) is 66.9 Å². The van der Waals surface area contributed by atoms with E-state index in [4.69, 9.17) is 4.74 Å². The summed E-state index contributed by atoms with van der Waals surface area (Å²) in [5.41, 5.74) is 1.43. The molecule has 1 N–H and O–H groups in total. The molecule has 0 saturated carbocycles. The quantitative estimate of drug-likeness (QED) is 0.629.